The number of allylic oxidation sites excluding steroid dienone is 1. The van der Waals surface area contributed by atoms with Gasteiger partial charge in [-0.1, -0.05) is 32.9 Å². The molecule has 2 nitrogen and oxygen atoms in total. The van der Waals surface area contributed by atoms with Crippen molar-refractivity contribution in [2.45, 2.75) is 38.0 Å². The maximum atomic E-state index is 12.6. The lowest BCUT2D eigenvalue weighted by Gasteiger charge is -2.30. The fourth-order valence-corrected chi connectivity index (χ4v) is 3.44. The summed E-state index contributed by atoms with van der Waals surface area (Å²) in [5.74, 6) is 1.90. The average molecular weight is 274 g/mol. The molecule has 2 aliphatic heterocycles. The van der Waals surface area contributed by atoms with Gasteiger partial charge in [0.25, 0.3) is 0 Å². The quantitative estimate of drug-likeness (QED) is 0.716. The Morgan fingerprint density at radius 3 is 2.84 bits per heavy atom. The van der Waals surface area contributed by atoms with Crippen molar-refractivity contribution in [3.05, 3.63) is 41.0 Å². The average Bonchev–Trinajstić information content (AvgIpc) is 2.37. The predicted octanol–water partition coefficient (Wildman–Crippen LogP) is 3.95. The van der Waals surface area contributed by atoms with Crippen molar-refractivity contribution in [3.63, 3.8) is 0 Å². The standard InChI is InChI=1S/C16H18O2S/c1-16(2,3)10-6-7-13-12(9-10)14(17)11-5-4-8-19-15(11)18-13/h5-7,9,15H,4,8H2,1-3H3. The van der Waals surface area contributed by atoms with Crippen molar-refractivity contribution in [2.75, 3.05) is 5.75 Å². The van der Waals surface area contributed by atoms with Crippen LogP contribution in [-0.4, -0.2) is 17.0 Å². The number of Topliss-reactive ketones (excluding diaryl/α,β-unsaturated/α-hetero) is 1. The third kappa shape index (κ3) is 2.20. The third-order valence-electron chi connectivity index (χ3n) is 3.59. The van der Waals surface area contributed by atoms with Crippen molar-refractivity contribution in [1.82, 2.24) is 0 Å². The summed E-state index contributed by atoms with van der Waals surface area (Å²) in [7, 11) is 0. The number of rotatable bonds is 0. The summed E-state index contributed by atoms with van der Waals surface area (Å²) in [6.07, 6.45) is 3.00. The van der Waals surface area contributed by atoms with E-state index in [1.807, 2.05) is 18.2 Å². The van der Waals surface area contributed by atoms with Crippen LogP contribution >= 0.6 is 11.8 Å². The molecular weight excluding hydrogens is 256 g/mol. The molecule has 0 N–H and O–H groups in total. The highest BCUT2D eigenvalue weighted by atomic mass is 32.2. The van der Waals surface area contributed by atoms with Crippen molar-refractivity contribution in [1.29, 1.82) is 0 Å². The van der Waals surface area contributed by atoms with E-state index in [1.165, 1.54) is 5.56 Å². The number of hydrogen-bond donors (Lipinski definition) is 0. The highest BCUT2D eigenvalue weighted by Crippen LogP contribution is 2.39. The highest BCUT2D eigenvalue weighted by molar-refractivity contribution is 8.00. The van der Waals surface area contributed by atoms with Gasteiger partial charge >= 0.3 is 0 Å². The molecule has 19 heavy (non-hydrogen) atoms. The van der Waals surface area contributed by atoms with Crippen molar-refractivity contribution in [3.8, 4) is 5.75 Å². The Bertz CT molecular complexity index is 567. The first kappa shape index (κ1) is 12.8. The highest BCUT2D eigenvalue weighted by Gasteiger charge is 2.34. The largest absolute Gasteiger partial charge is 0.474 e. The minimum Gasteiger partial charge on any atom is -0.474 e. The number of fused-ring (bicyclic) bond motifs is 2. The van der Waals surface area contributed by atoms with Gasteiger partial charge in [0, 0.05) is 11.3 Å². The van der Waals surface area contributed by atoms with Crippen molar-refractivity contribution >= 4 is 17.5 Å². The summed E-state index contributed by atoms with van der Waals surface area (Å²) in [5.41, 5.74) is 2.66. The molecule has 0 bridgehead atoms. The molecule has 0 amide bonds. The van der Waals surface area contributed by atoms with E-state index in [0.717, 1.165) is 29.1 Å². The van der Waals surface area contributed by atoms with E-state index >= 15 is 0 Å². The van der Waals surface area contributed by atoms with E-state index in [0.29, 0.717) is 0 Å². The summed E-state index contributed by atoms with van der Waals surface area (Å²) >= 11 is 1.71. The molecule has 1 aromatic carbocycles. The minimum absolute atomic E-state index is 0.0435. The van der Waals surface area contributed by atoms with Gasteiger partial charge in [0.2, 0.25) is 0 Å². The zero-order valence-electron chi connectivity index (χ0n) is 11.5. The van der Waals surface area contributed by atoms with E-state index in [1.54, 1.807) is 11.8 Å². The zero-order chi connectivity index (χ0) is 13.6. The molecule has 0 aliphatic carbocycles. The first-order valence-corrected chi connectivity index (χ1v) is 7.69. The molecule has 1 aromatic rings. The summed E-state index contributed by atoms with van der Waals surface area (Å²) in [6, 6.07) is 6.00. The fraction of sp³-hybridized carbons (Fsp3) is 0.438. The number of ether oxygens (including phenoxy) is 1. The van der Waals surface area contributed by atoms with Gasteiger partial charge < -0.3 is 4.74 Å². The van der Waals surface area contributed by atoms with Crippen LogP contribution in [0.3, 0.4) is 0 Å². The maximum Gasteiger partial charge on any atom is 0.197 e. The predicted molar refractivity (Wildman–Crippen MR) is 79.0 cm³/mol. The Morgan fingerprint density at radius 2 is 2.11 bits per heavy atom. The van der Waals surface area contributed by atoms with Gasteiger partial charge in [-0.05, 0) is 29.5 Å². The molecule has 0 saturated carbocycles. The molecule has 100 valence electrons. The molecule has 2 heterocycles. The van der Waals surface area contributed by atoms with Crippen LogP contribution in [0.2, 0.25) is 0 Å². The first-order chi connectivity index (χ1) is 8.97. The molecule has 0 aromatic heterocycles. The van der Waals surface area contributed by atoms with E-state index in [-0.39, 0.29) is 16.6 Å². The van der Waals surface area contributed by atoms with E-state index in [4.69, 9.17) is 4.74 Å². The molecule has 2 aliphatic rings. The van der Waals surface area contributed by atoms with Crippen LogP contribution in [0, 0.1) is 0 Å². The number of ketones is 1. The van der Waals surface area contributed by atoms with Crippen LogP contribution in [-0.2, 0) is 5.41 Å². The molecule has 3 rings (SSSR count). The third-order valence-corrected chi connectivity index (χ3v) is 4.72. The fourth-order valence-electron chi connectivity index (χ4n) is 2.42. The molecule has 3 heteroatoms. The van der Waals surface area contributed by atoms with Crippen molar-refractivity contribution < 1.29 is 9.53 Å². The lowest BCUT2D eigenvalue weighted by Crippen LogP contribution is -2.30. The van der Waals surface area contributed by atoms with Crippen molar-refractivity contribution in [2.24, 2.45) is 0 Å². The lowest BCUT2D eigenvalue weighted by molar-refractivity contribution is 0.0990. The van der Waals surface area contributed by atoms with E-state index in [2.05, 4.69) is 26.8 Å². The van der Waals surface area contributed by atoms with Crippen LogP contribution in [0.5, 0.6) is 5.75 Å². The van der Waals surface area contributed by atoms with Gasteiger partial charge in [-0.15, -0.1) is 11.8 Å². The second-order valence-electron chi connectivity index (χ2n) is 6.06. The topological polar surface area (TPSA) is 26.3 Å². The van der Waals surface area contributed by atoms with E-state index < -0.39 is 0 Å². The van der Waals surface area contributed by atoms with Crippen LogP contribution in [0.4, 0.5) is 0 Å². The second kappa shape index (κ2) is 4.41. The summed E-state index contributed by atoms with van der Waals surface area (Å²) < 4.78 is 5.95. The van der Waals surface area contributed by atoms with Gasteiger partial charge in [-0.2, -0.15) is 0 Å². The van der Waals surface area contributed by atoms with Gasteiger partial charge in [0.15, 0.2) is 11.2 Å². The molecule has 0 radical (unpaired) electrons. The smallest absolute Gasteiger partial charge is 0.197 e. The molecule has 0 spiro atoms. The Balaban J connectivity index is 2.07. The Kier molecular flexibility index (Phi) is 2.97. The van der Waals surface area contributed by atoms with Crippen LogP contribution in [0.15, 0.2) is 29.8 Å². The van der Waals surface area contributed by atoms with Crippen LogP contribution in [0.25, 0.3) is 0 Å². The number of hydrogen-bond acceptors (Lipinski definition) is 3. The van der Waals surface area contributed by atoms with E-state index in [9.17, 15) is 4.79 Å². The summed E-state index contributed by atoms with van der Waals surface area (Å²) in [5, 5.41) is 0. The van der Waals surface area contributed by atoms with Crippen LogP contribution in [0.1, 0.15) is 43.1 Å². The lowest BCUT2D eigenvalue weighted by atomic mass is 9.84. The second-order valence-corrected chi connectivity index (χ2v) is 7.23. The Morgan fingerprint density at radius 1 is 1.32 bits per heavy atom. The number of thioether (sulfide) groups is 1. The van der Waals surface area contributed by atoms with Gasteiger partial charge in [-0.3, -0.25) is 4.79 Å². The first-order valence-electron chi connectivity index (χ1n) is 6.64. The molecule has 1 unspecified atom stereocenters. The molecule has 1 atom stereocenters. The monoisotopic (exact) mass is 274 g/mol. The van der Waals surface area contributed by atoms with Gasteiger partial charge in [0.05, 0.1) is 5.56 Å². The number of carbonyl (C=O) groups is 1. The molecule has 0 saturated heterocycles. The number of carbonyl (C=O) groups excluding carboxylic acids is 1. The Labute approximate surface area is 118 Å². The summed E-state index contributed by atoms with van der Waals surface area (Å²) in [4.78, 5) is 12.6. The Hall–Kier alpha value is -1.22. The number of benzene rings is 1. The zero-order valence-corrected chi connectivity index (χ0v) is 12.3. The van der Waals surface area contributed by atoms with Gasteiger partial charge in [0.1, 0.15) is 5.75 Å². The normalized spacial score (nSPS) is 22.2. The maximum absolute atomic E-state index is 12.6. The van der Waals surface area contributed by atoms with Gasteiger partial charge in [-0.25, -0.2) is 0 Å². The minimum atomic E-state index is -0.103. The SMILES string of the molecule is CC(C)(C)c1ccc2c(c1)C(=O)C1=CCCSC1O2. The molecule has 0 fully saturated rings. The summed E-state index contributed by atoms with van der Waals surface area (Å²) in [6.45, 7) is 6.46. The molecular formula is C16H18O2S. The van der Waals surface area contributed by atoms with Crippen LogP contribution < -0.4 is 4.74 Å².